The van der Waals surface area contributed by atoms with Gasteiger partial charge in [0.1, 0.15) is 5.92 Å². The standard InChI is InChI=1S/C20H24N2O7S/c1-4-29-20(24)18(19(23)15-7-9-16(10-8-15)22(25)26)13-21(3)30(27,28)17-11-5-14(2)6-12-17/h5-12,18-19,23H,4,13H2,1-3H3/t18-,19+/m0/s1. The van der Waals surface area contributed by atoms with Gasteiger partial charge in [0, 0.05) is 25.7 Å². The van der Waals surface area contributed by atoms with Crippen LogP contribution in [0.3, 0.4) is 0 Å². The number of nitro groups is 1. The van der Waals surface area contributed by atoms with Gasteiger partial charge in [-0.1, -0.05) is 17.7 Å². The molecule has 0 aliphatic heterocycles. The first-order valence-corrected chi connectivity index (χ1v) is 10.6. The number of hydrogen-bond acceptors (Lipinski definition) is 7. The minimum Gasteiger partial charge on any atom is -0.466 e. The van der Waals surface area contributed by atoms with E-state index < -0.39 is 32.9 Å². The van der Waals surface area contributed by atoms with Crippen LogP contribution in [0, 0.1) is 23.0 Å². The smallest absolute Gasteiger partial charge is 0.313 e. The van der Waals surface area contributed by atoms with Gasteiger partial charge in [0.05, 0.1) is 22.5 Å². The summed E-state index contributed by atoms with van der Waals surface area (Å²) >= 11 is 0. The molecule has 0 aromatic heterocycles. The molecule has 30 heavy (non-hydrogen) atoms. The second-order valence-corrected chi connectivity index (χ2v) is 8.80. The summed E-state index contributed by atoms with van der Waals surface area (Å²) in [6.45, 7) is 3.14. The van der Waals surface area contributed by atoms with Crippen LogP contribution in [0.5, 0.6) is 0 Å². The van der Waals surface area contributed by atoms with Gasteiger partial charge in [-0.15, -0.1) is 0 Å². The summed E-state index contributed by atoms with van der Waals surface area (Å²) in [4.78, 5) is 22.8. The molecule has 0 radical (unpaired) electrons. The Morgan fingerprint density at radius 1 is 1.17 bits per heavy atom. The molecule has 0 bridgehead atoms. The first-order valence-electron chi connectivity index (χ1n) is 9.20. The number of ether oxygens (including phenoxy) is 1. The summed E-state index contributed by atoms with van der Waals surface area (Å²) in [6.07, 6.45) is -1.42. The lowest BCUT2D eigenvalue weighted by atomic mass is 9.95. The first kappa shape index (κ1) is 23.5. The summed E-state index contributed by atoms with van der Waals surface area (Å²) in [5.74, 6) is -1.99. The number of carbonyl (C=O) groups excluding carboxylic acids is 1. The molecule has 0 unspecified atom stereocenters. The number of nitrogens with zero attached hydrogens (tertiary/aromatic N) is 2. The average molecular weight is 436 g/mol. The zero-order valence-electron chi connectivity index (χ0n) is 16.9. The average Bonchev–Trinajstić information content (AvgIpc) is 2.71. The Kier molecular flexibility index (Phi) is 7.65. The van der Waals surface area contributed by atoms with E-state index in [1.807, 2.05) is 6.92 Å². The molecule has 0 saturated heterocycles. The van der Waals surface area contributed by atoms with Crippen LogP contribution in [-0.4, -0.2) is 48.9 Å². The van der Waals surface area contributed by atoms with Gasteiger partial charge in [-0.05, 0) is 43.7 Å². The zero-order chi connectivity index (χ0) is 22.5. The van der Waals surface area contributed by atoms with Gasteiger partial charge >= 0.3 is 5.97 Å². The van der Waals surface area contributed by atoms with Crippen LogP contribution in [0.1, 0.15) is 24.2 Å². The van der Waals surface area contributed by atoms with E-state index in [1.165, 1.54) is 43.4 Å². The molecule has 2 rings (SSSR count). The largest absolute Gasteiger partial charge is 0.466 e. The molecule has 2 atom stereocenters. The third kappa shape index (κ3) is 5.41. The van der Waals surface area contributed by atoms with Crippen molar-refractivity contribution in [1.29, 1.82) is 0 Å². The Bertz CT molecular complexity index is 989. The number of nitro benzene ring substituents is 1. The normalized spacial score (nSPS) is 13.6. The fourth-order valence-electron chi connectivity index (χ4n) is 2.84. The van der Waals surface area contributed by atoms with Crippen LogP contribution in [-0.2, 0) is 19.6 Å². The Hall–Kier alpha value is -2.82. The van der Waals surface area contributed by atoms with Crippen molar-refractivity contribution in [2.24, 2.45) is 5.92 Å². The zero-order valence-corrected chi connectivity index (χ0v) is 17.7. The predicted molar refractivity (Wildman–Crippen MR) is 109 cm³/mol. The molecule has 0 amide bonds. The minimum absolute atomic E-state index is 0.0523. The van der Waals surface area contributed by atoms with Crippen LogP contribution < -0.4 is 0 Å². The van der Waals surface area contributed by atoms with Crippen LogP contribution in [0.25, 0.3) is 0 Å². The highest BCUT2D eigenvalue weighted by atomic mass is 32.2. The highest BCUT2D eigenvalue weighted by Gasteiger charge is 2.34. The van der Waals surface area contributed by atoms with Crippen LogP contribution in [0.4, 0.5) is 5.69 Å². The van der Waals surface area contributed by atoms with Crippen molar-refractivity contribution in [3.05, 3.63) is 69.8 Å². The fourth-order valence-corrected chi connectivity index (χ4v) is 4.04. The summed E-state index contributed by atoms with van der Waals surface area (Å²) in [5.41, 5.74) is 0.965. The second-order valence-electron chi connectivity index (χ2n) is 6.75. The van der Waals surface area contributed by atoms with Crippen LogP contribution >= 0.6 is 0 Å². The molecule has 162 valence electrons. The second kappa shape index (κ2) is 9.79. The van der Waals surface area contributed by atoms with Crippen molar-refractivity contribution >= 4 is 21.7 Å². The van der Waals surface area contributed by atoms with Crippen LogP contribution in [0.2, 0.25) is 0 Å². The summed E-state index contributed by atoms with van der Waals surface area (Å²) < 4.78 is 31.7. The maximum absolute atomic E-state index is 12.9. The number of carbonyl (C=O) groups is 1. The molecule has 0 heterocycles. The predicted octanol–water partition coefficient (Wildman–Crippen LogP) is 2.44. The van der Waals surface area contributed by atoms with Gasteiger partial charge < -0.3 is 9.84 Å². The van der Waals surface area contributed by atoms with E-state index >= 15 is 0 Å². The molecule has 2 aromatic rings. The molecule has 0 saturated carbocycles. The fraction of sp³-hybridized carbons (Fsp3) is 0.350. The summed E-state index contributed by atoms with van der Waals surface area (Å²) in [6, 6.07) is 11.3. The molecular weight excluding hydrogens is 412 g/mol. The van der Waals surface area contributed by atoms with E-state index in [9.17, 15) is 28.4 Å². The Morgan fingerprint density at radius 3 is 2.23 bits per heavy atom. The third-order valence-electron chi connectivity index (χ3n) is 4.60. The van der Waals surface area contributed by atoms with Crippen molar-refractivity contribution < 1.29 is 28.0 Å². The number of sulfonamides is 1. The van der Waals surface area contributed by atoms with Gasteiger partial charge in [0.2, 0.25) is 10.0 Å². The van der Waals surface area contributed by atoms with Gasteiger partial charge in [-0.2, -0.15) is 4.31 Å². The van der Waals surface area contributed by atoms with Gasteiger partial charge in [0.25, 0.3) is 5.69 Å². The topological polar surface area (TPSA) is 127 Å². The van der Waals surface area contributed by atoms with Gasteiger partial charge in [-0.25, -0.2) is 8.42 Å². The number of aliphatic hydroxyl groups excluding tert-OH is 1. The molecule has 0 aliphatic carbocycles. The molecule has 0 aliphatic rings. The first-order chi connectivity index (χ1) is 14.1. The number of rotatable bonds is 9. The van der Waals surface area contributed by atoms with Crippen molar-refractivity contribution in [2.75, 3.05) is 20.2 Å². The third-order valence-corrected chi connectivity index (χ3v) is 6.44. The monoisotopic (exact) mass is 436 g/mol. The van der Waals surface area contributed by atoms with Crippen molar-refractivity contribution in [3.63, 3.8) is 0 Å². The number of aliphatic hydroxyl groups is 1. The molecule has 10 heteroatoms. The van der Waals surface area contributed by atoms with E-state index in [1.54, 1.807) is 19.1 Å². The number of benzene rings is 2. The molecule has 2 aromatic carbocycles. The van der Waals surface area contributed by atoms with Gasteiger partial charge in [0.15, 0.2) is 0 Å². The van der Waals surface area contributed by atoms with Crippen LogP contribution in [0.15, 0.2) is 53.4 Å². The summed E-state index contributed by atoms with van der Waals surface area (Å²) in [7, 11) is -2.60. The number of hydrogen-bond donors (Lipinski definition) is 1. The van der Waals surface area contributed by atoms with E-state index in [2.05, 4.69) is 0 Å². The highest BCUT2D eigenvalue weighted by Crippen LogP contribution is 2.27. The number of non-ortho nitro benzene ring substituents is 1. The Balaban J connectivity index is 2.30. The molecule has 9 nitrogen and oxygen atoms in total. The SMILES string of the molecule is CCOC(=O)[C@@H](CN(C)S(=O)(=O)c1ccc(C)cc1)[C@H](O)c1ccc([N+](=O)[O-])cc1. The van der Waals surface area contributed by atoms with Crippen molar-refractivity contribution in [1.82, 2.24) is 4.31 Å². The lowest BCUT2D eigenvalue weighted by molar-refractivity contribution is -0.384. The maximum atomic E-state index is 12.9. The van der Waals surface area contributed by atoms with E-state index in [0.717, 1.165) is 9.87 Å². The van der Waals surface area contributed by atoms with Gasteiger partial charge in [-0.3, -0.25) is 14.9 Å². The minimum atomic E-state index is -3.91. The van der Waals surface area contributed by atoms with Crippen molar-refractivity contribution in [3.8, 4) is 0 Å². The highest BCUT2D eigenvalue weighted by molar-refractivity contribution is 7.89. The molecule has 1 N–H and O–H groups in total. The Morgan fingerprint density at radius 2 is 1.73 bits per heavy atom. The lowest BCUT2D eigenvalue weighted by Crippen LogP contribution is -2.38. The Labute approximate surface area is 175 Å². The number of aryl methyl sites for hydroxylation is 1. The van der Waals surface area contributed by atoms with Crippen molar-refractivity contribution in [2.45, 2.75) is 24.8 Å². The maximum Gasteiger partial charge on any atom is 0.313 e. The van der Waals surface area contributed by atoms with E-state index in [0.29, 0.717) is 0 Å². The lowest BCUT2D eigenvalue weighted by Gasteiger charge is -2.26. The summed E-state index contributed by atoms with van der Waals surface area (Å²) in [5, 5.41) is 21.6. The number of esters is 1. The van der Waals surface area contributed by atoms with E-state index in [4.69, 9.17) is 4.74 Å². The molecule has 0 fully saturated rings. The molecular formula is C20H24N2O7S. The van der Waals surface area contributed by atoms with E-state index in [-0.39, 0.29) is 29.3 Å². The molecule has 0 spiro atoms. The quantitative estimate of drug-likeness (QED) is 0.363.